The molecule has 3 heterocycles. The van der Waals surface area contributed by atoms with E-state index in [4.69, 9.17) is 14.0 Å². The Hall–Kier alpha value is -4.42. The monoisotopic (exact) mass is 618 g/mol. The summed E-state index contributed by atoms with van der Waals surface area (Å²) in [5.41, 5.74) is 4.85. The Bertz CT molecular complexity index is 1760. The number of morpholine rings is 1. The molecule has 13 nitrogen and oxygen atoms in total. The fourth-order valence-corrected chi connectivity index (χ4v) is 5.82. The number of nitrogens with zero attached hydrogens (tertiary/aromatic N) is 4. The maximum atomic E-state index is 13.5. The topological polar surface area (TPSA) is 164 Å². The predicted octanol–water partition coefficient (Wildman–Crippen LogP) is 3.88. The van der Waals surface area contributed by atoms with Crippen molar-refractivity contribution in [1.82, 2.24) is 24.4 Å². The highest BCUT2D eigenvalue weighted by molar-refractivity contribution is 7.30. The largest absolute Gasteiger partial charge is 0.566 e. The molecule has 3 unspecified atom stereocenters. The maximum absolute atomic E-state index is 13.5. The zero-order chi connectivity index (χ0) is 31.0. The van der Waals surface area contributed by atoms with E-state index in [1.54, 1.807) is 0 Å². The lowest BCUT2D eigenvalue weighted by Gasteiger charge is -2.37. The molecule has 3 atom stereocenters. The Morgan fingerprint density at radius 3 is 2.50 bits per heavy atom. The Labute approximate surface area is 253 Å². The van der Waals surface area contributed by atoms with Gasteiger partial charge in [0.25, 0.3) is 5.56 Å². The van der Waals surface area contributed by atoms with E-state index in [1.165, 1.54) is 15.8 Å². The number of carbonyl (C=O) groups is 1. The van der Waals surface area contributed by atoms with E-state index in [2.05, 4.69) is 39.0 Å². The molecule has 2 N–H and O–H groups in total. The molecule has 2 aliphatic rings. The van der Waals surface area contributed by atoms with Crippen molar-refractivity contribution < 1.29 is 28.3 Å². The first kappa shape index (κ1) is 29.6. The van der Waals surface area contributed by atoms with Gasteiger partial charge in [0.05, 0.1) is 19.4 Å². The van der Waals surface area contributed by atoms with Gasteiger partial charge in [-0.15, -0.1) is 4.52 Å². The van der Waals surface area contributed by atoms with Crippen molar-refractivity contribution in [3.05, 3.63) is 88.6 Å². The number of imidazole rings is 1. The molecule has 1 aliphatic carbocycles. The van der Waals surface area contributed by atoms with E-state index in [1.807, 2.05) is 50.2 Å². The molecule has 6 rings (SSSR count). The Balaban J connectivity index is 1.24. The quantitative estimate of drug-likeness (QED) is 0.263. The lowest BCUT2D eigenvalue weighted by molar-refractivity contribution is -0.192. The van der Waals surface area contributed by atoms with Gasteiger partial charge in [-0.25, -0.2) is 9.78 Å². The number of hydrogen-bond acceptors (Lipinski definition) is 10. The first-order valence-electron chi connectivity index (χ1n) is 14.1. The van der Waals surface area contributed by atoms with Gasteiger partial charge in [-0.05, 0) is 32.7 Å². The highest BCUT2D eigenvalue weighted by atomic mass is 31.1. The number of nitrogens with one attached hydrogen (secondary N) is 2. The van der Waals surface area contributed by atoms with E-state index < -0.39 is 32.2 Å². The van der Waals surface area contributed by atoms with Crippen molar-refractivity contribution in [2.75, 3.05) is 31.6 Å². The number of rotatable bonds is 9. The summed E-state index contributed by atoms with van der Waals surface area (Å²) in [6.07, 6.45) is -0.892. The van der Waals surface area contributed by atoms with Gasteiger partial charge in [0, 0.05) is 11.6 Å². The van der Waals surface area contributed by atoms with Crippen LogP contribution >= 0.6 is 8.25 Å². The Morgan fingerprint density at radius 2 is 1.84 bits per heavy atom. The number of benzene rings is 2. The molecule has 0 bridgehead atoms. The molecule has 1 amide bonds. The second-order valence-electron chi connectivity index (χ2n) is 11.0. The van der Waals surface area contributed by atoms with Gasteiger partial charge in [-0.3, -0.25) is 14.3 Å². The van der Waals surface area contributed by atoms with Crippen LogP contribution in [0.25, 0.3) is 22.3 Å². The summed E-state index contributed by atoms with van der Waals surface area (Å²) in [4.78, 5) is 50.3. The molecular formula is C30H31N6O7P. The van der Waals surface area contributed by atoms with Crippen molar-refractivity contribution in [3.8, 4) is 11.1 Å². The van der Waals surface area contributed by atoms with Crippen LogP contribution in [0.1, 0.15) is 37.1 Å². The van der Waals surface area contributed by atoms with E-state index in [0.29, 0.717) is 5.70 Å². The summed E-state index contributed by atoms with van der Waals surface area (Å²) in [6, 6.07) is 16.1. The van der Waals surface area contributed by atoms with Gasteiger partial charge in [-0.2, -0.15) is 4.98 Å². The molecule has 2 aromatic carbocycles. The van der Waals surface area contributed by atoms with Gasteiger partial charge in [0.1, 0.15) is 19.3 Å². The van der Waals surface area contributed by atoms with Crippen molar-refractivity contribution in [2.24, 2.45) is 5.92 Å². The summed E-state index contributed by atoms with van der Waals surface area (Å²) in [5.74, 6) is 0.129. The van der Waals surface area contributed by atoms with Gasteiger partial charge < -0.3 is 24.6 Å². The summed E-state index contributed by atoms with van der Waals surface area (Å²) in [5, 5.41) is 3.01. The molecule has 228 valence electrons. The highest BCUT2D eigenvalue weighted by Gasteiger charge is 2.36. The smallest absolute Gasteiger partial charge is 0.488 e. The number of aromatic nitrogens is 4. The predicted molar refractivity (Wildman–Crippen MR) is 160 cm³/mol. The van der Waals surface area contributed by atoms with Gasteiger partial charge in [-0.1, -0.05) is 69.0 Å². The SMILES string of the molecule is C=C(Nc1nc2c(ncn2C2CN(C(=O)OCC3c4ccccc4-c4ccccc43)CC(CO[P+](=O)[O-])O2)c(=O)[nH]1)C(C)C. The first-order chi connectivity index (χ1) is 21.2. The number of fused-ring (bicyclic) bond motifs is 4. The summed E-state index contributed by atoms with van der Waals surface area (Å²) < 4.78 is 29.5. The van der Waals surface area contributed by atoms with Crippen LogP contribution in [0.15, 0.2) is 71.9 Å². The average molecular weight is 619 g/mol. The molecule has 1 aliphatic heterocycles. The van der Waals surface area contributed by atoms with Gasteiger partial charge in [0.15, 0.2) is 17.4 Å². The van der Waals surface area contributed by atoms with Crippen LogP contribution in [-0.2, 0) is 18.6 Å². The van der Waals surface area contributed by atoms with Gasteiger partial charge in [0.2, 0.25) is 5.95 Å². The fourth-order valence-electron chi connectivity index (χ4n) is 5.53. The van der Waals surface area contributed by atoms with Crippen LogP contribution in [-0.4, -0.2) is 62.9 Å². The second-order valence-corrected chi connectivity index (χ2v) is 11.7. The minimum atomic E-state index is -3.14. The molecule has 2 aromatic heterocycles. The average Bonchev–Trinajstić information content (AvgIpc) is 3.58. The third kappa shape index (κ3) is 5.87. The number of allylic oxidation sites excluding steroid dienone is 1. The van der Waals surface area contributed by atoms with Crippen LogP contribution < -0.4 is 15.8 Å². The van der Waals surface area contributed by atoms with Crippen molar-refractivity contribution in [1.29, 1.82) is 0 Å². The minimum Gasteiger partial charge on any atom is -0.566 e. The fraction of sp³-hybridized carbons (Fsp3) is 0.333. The Kier molecular flexibility index (Phi) is 8.28. The molecule has 4 aromatic rings. The number of carbonyl (C=O) groups excluding carboxylic acids is 1. The standard InChI is InChI=1S/C30H31N6O7P/c1-17(2)18(3)32-29-33-27-26(28(37)34-29)31-16-36(27)25-13-35(12-19(43-25)14-42-44(39)40)30(38)41-15-24-22-10-6-4-8-20(22)21-9-5-7-11-23(21)24/h4-11,16-17,19,24-25H,3,12-15H2,1-2H3,(H2,32,33,34,37). The van der Waals surface area contributed by atoms with E-state index in [9.17, 15) is 19.0 Å². The van der Waals surface area contributed by atoms with Crippen LogP contribution in [0, 0.1) is 5.92 Å². The zero-order valence-corrected chi connectivity index (χ0v) is 25.0. The summed E-state index contributed by atoms with van der Waals surface area (Å²) >= 11 is 0. The maximum Gasteiger partial charge on any atom is 0.488 e. The zero-order valence-electron chi connectivity index (χ0n) is 24.1. The number of aromatic amines is 1. The minimum absolute atomic E-state index is 0.0258. The number of anilines is 1. The number of hydrogen-bond donors (Lipinski definition) is 2. The first-order valence-corrected chi connectivity index (χ1v) is 15.2. The lowest BCUT2D eigenvalue weighted by Crippen LogP contribution is -2.50. The molecule has 44 heavy (non-hydrogen) atoms. The van der Waals surface area contributed by atoms with Crippen molar-refractivity contribution in [2.45, 2.75) is 32.1 Å². The Morgan fingerprint density at radius 1 is 1.16 bits per heavy atom. The molecule has 0 spiro atoms. The van der Waals surface area contributed by atoms with Crippen LogP contribution in [0.5, 0.6) is 0 Å². The third-order valence-corrected chi connectivity index (χ3v) is 8.19. The summed E-state index contributed by atoms with van der Waals surface area (Å²) in [6.45, 7) is 7.70. The summed E-state index contributed by atoms with van der Waals surface area (Å²) in [7, 11) is -3.14. The van der Waals surface area contributed by atoms with Gasteiger partial charge >= 0.3 is 14.3 Å². The molecule has 1 saturated heterocycles. The van der Waals surface area contributed by atoms with E-state index >= 15 is 0 Å². The normalized spacial score (nSPS) is 18.3. The van der Waals surface area contributed by atoms with Crippen molar-refractivity contribution in [3.63, 3.8) is 0 Å². The second kappa shape index (κ2) is 12.3. The molecule has 0 radical (unpaired) electrons. The van der Waals surface area contributed by atoms with Crippen molar-refractivity contribution >= 4 is 31.5 Å². The van der Waals surface area contributed by atoms with Crippen LogP contribution in [0.4, 0.5) is 10.7 Å². The van der Waals surface area contributed by atoms with E-state index in [0.717, 1.165) is 22.3 Å². The van der Waals surface area contributed by atoms with Crippen LogP contribution in [0.2, 0.25) is 0 Å². The third-order valence-electron chi connectivity index (χ3n) is 7.83. The van der Waals surface area contributed by atoms with Crippen LogP contribution in [0.3, 0.4) is 0 Å². The number of ether oxygens (including phenoxy) is 2. The number of amides is 1. The molecule has 1 fully saturated rings. The van der Waals surface area contributed by atoms with E-state index in [-0.39, 0.29) is 55.3 Å². The number of H-pyrrole nitrogens is 1. The molecule has 0 saturated carbocycles. The highest BCUT2D eigenvalue weighted by Crippen LogP contribution is 2.44. The molecular weight excluding hydrogens is 587 g/mol. The lowest BCUT2D eigenvalue weighted by atomic mass is 9.98. The molecule has 14 heteroatoms.